The second-order valence-electron chi connectivity index (χ2n) is 11.2. The van der Waals surface area contributed by atoms with Gasteiger partial charge in [0.05, 0.1) is 36.9 Å². The highest BCUT2D eigenvalue weighted by molar-refractivity contribution is 6.10. The quantitative estimate of drug-likeness (QED) is 0.207. The van der Waals surface area contributed by atoms with E-state index in [2.05, 4.69) is 32.5 Å². The summed E-state index contributed by atoms with van der Waals surface area (Å²) in [5.41, 5.74) is 5.61. The van der Waals surface area contributed by atoms with Gasteiger partial charge in [-0.05, 0) is 59.5 Å². The lowest BCUT2D eigenvalue weighted by Crippen LogP contribution is -2.35. The number of aldehydes is 1. The number of carbonyl (C=O) groups excluding carboxylic acids is 2. The Bertz CT molecular complexity index is 1780. The van der Waals surface area contributed by atoms with Gasteiger partial charge in [-0.25, -0.2) is 4.39 Å². The van der Waals surface area contributed by atoms with Gasteiger partial charge in [-0.2, -0.15) is 18.3 Å². The van der Waals surface area contributed by atoms with Gasteiger partial charge in [0.2, 0.25) is 12.2 Å². The molecular formula is C33H30F4N4O4. The van der Waals surface area contributed by atoms with Crippen molar-refractivity contribution in [3.63, 3.8) is 0 Å². The van der Waals surface area contributed by atoms with E-state index in [1.807, 2.05) is 48.6 Å². The highest BCUT2D eigenvalue weighted by Gasteiger charge is 2.65. The van der Waals surface area contributed by atoms with E-state index in [4.69, 9.17) is 14.3 Å². The predicted molar refractivity (Wildman–Crippen MR) is 160 cm³/mol. The van der Waals surface area contributed by atoms with Gasteiger partial charge < -0.3 is 14.8 Å². The van der Waals surface area contributed by atoms with Crippen molar-refractivity contribution in [2.45, 2.75) is 30.5 Å². The molecule has 2 fully saturated rings. The second kappa shape index (κ2) is 12.1. The molecule has 2 aliphatic heterocycles. The molecule has 1 aliphatic carbocycles. The summed E-state index contributed by atoms with van der Waals surface area (Å²) < 4.78 is 56.8. The van der Waals surface area contributed by atoms with Gasteiger partial charge >= 0.3 is 6.18 Å². The van der Waals surface area contributed by atoms with Crippen LogP contribution in [-0.2, 0) is 26.3 Å². The van der Waals surface area contributed by atoms with Crippen LogP contribution in [0.1, 0.15) is 40.3 Å². The molecule has 2 atom stereocenters. The number of aromatic nitrogens is 2. The summed E-state index contributed by atoms with van der Waals surface area (Å²) in [5, 5.41) is 11.6. The molecule has 12 heteroatoms. The number of nitrogens with one attached hydrogen (secondary N) is 2. The third-order valence-electron chi connectivity index (χ3n) is 8.48. The molecule has 1 spiro atoms. The zero-order valence-corrected chi connectivity index (χ0v) is 24.3. The van der Waals surface area contributed by atoms with E-state index < -0.39 is 17.9 Å². The number of nitrogens with zero attached hydrogens (tertiary/aromatic N) is 2. The van der Waals surface area contributed by atoms with E-state index in [1.54, 1.807) is 13.2 Å². The zero-order chi connectivity index (χ0) is 31.8. The molecule has 1 aromatic heterocycles. The molecule has 234 valence electrons. The normalized spacial score (nSPS) is 21.0. The number of rotatable bonds is 6. The number of benzene rings is 3. The van der Waals surface area contributed by atoms with Crippen molar-refractivity contribution < 1.29 is 36.6 Å². The van der Waals surface area contributed by atoms with Gasteiger partial charge in [-0.1, -0.05) is 30.3 Å². The Hall–Kier alpha value is -4.55. The summed E-state index contributed by atoms with van der Waals surface area (Å²) in [7, 11) is 1.64. The summed E-state index contributed by atoms with van der Waals surface area (Å²) in [5.74, 6) is 0.694. The average molecular weight is 623 g/mol. The lowest BCUT2D eigenvalue weighted by atomic mass is 9.91. The van der Waals surface area contributed by atoms with Crippen LogP contribution in [0.5, 0.6) is 5.75 Å². The number of halogens is 4. The number of methoxy groups -OCH3 is 1. The van der Waals surface area contributed by atoms with E-state index in [1.165, 1.54) is 0 Å². The molecule has 1 saturated heterocycles. The Morgan fingerprint density at radius 1 is 1.09 bits per heavy atom. The molecule has 3 aliphatic rings. The molecule has 1 saturated carbocycles. The van der Waals surface area contributed by atoms with Crippen LogP contribution in [0.3, 0.4) is 0 Å². The second-order valence-corrected chi connectivity index (χ2v) is 11.2. The molecule has 0 unspecified atom stereocenters. The van der Waals surface area contributed by atoms with Crippen LogP contribution in [0.15, 0.2) is 54.6 Å². The minimum atomic E-state index is -4.64. The largest absolute Gasteiger partial charge is 0.497 e. The molecule has 0 bridgehead atoms. The summed E-state index contributed by atoms with van der Waals surface area (Å²) in [6.45, 7) is 3.63. The topological polar surface area (TPSA) is 96.6 Å². The standard InChI is InChI=1S/C31H29FN4O3.C2HF3O/c1-38-22-6-9-28-24(16-22)31(30(37)33-28)17-25(31)20-5-7-23-27(34-35-29(23)15-20)8-3-19-2-4-21(26(32)14-19)18-36-10-12-39-13-11-36;3-2(4,5)1-6/h2-9,14-16,25H,10-13,17-18H2,1H3,(H,33,37)(H,34,35);1H/b8-3+;/t25-,31-;/m0./s1. The molecule has 2 N–H and O–H groups in total. The number of morpholine rings is 1. The molecule has 45 heavy (non-hydrogen) atoms. The fraction of sp³-hybridized carbons (Fsp3) is 0.303. The van der Waals surface area contributed by atoms with Crippen molar-refractivity contribution in [2.75, 3.05) is 38.7 Å². The first-order valence-electron chi connectivity index (χ1n) is 14.4. The third kappa shape index (κ3) is 6.20. The summed E-state index contributed by atoms with van der Waals surface area (Å²) in [4.78, 5) is 23.9. The average Bonchev–Trinajstić information content (AvgIpc) is 3.58. The minimum absolute atomic E-state index is 0.0484. The monoisotopic (exact) mass is 622 g/mol. The van der Waals surface area contributed by atoms with Crippen LogP contribution in [0, 0.1) is 5.82 Å². The van der Waals surface area contributed by atoms with Crippen molar-refractivity contribution in [1.29, 1.82) is 0 Å². The minimum Gasteiger partial charge on any atom is -0.497 e. The Kier molecular flexibility index (Phi) is 8.19. The fourth-order valence-corrected chi connectivity index (χ4v) is 6.07. The highest BCUT2D eigenvalue weighted by Crippen LogP contribution is 2.65. The molecule has 0 radical (unpaired) electrons. The van der Waals surface area contributed by atoms with Crippen molar-refractivity contribution in [2.24, 2.45) is 0 Å². The predicted octanol–water partition coefficient (Wildman–Crippen LogP) is 5.84. The van der Waals surface area contributed by atoms with Crippen molar-refractivity contribution in [3.8, 4) is 5.75 Å². The van der Waals surface area contributed by atoms with Gasteiger partial charge in [0, 0.05) is 42.2 Å². The Morgan fingerprint density at radius 2 is 1.87 bits per heavy atom. The molecular weight excluding hydrogens is 592 g/mol. The van der Waals surface area contributed by atoms with Crippen LogP contribution in [0.4, 0.5) is 23.2 Å². The number of anilines is 1. The number of ether oxygens (including phenoxy) is 2. The van der Waals surface area contributed by atoms with Crippen LogP contribution < -0.4 is 10.1 Å². The molecule has 7 rings (SSSR count). The smallest absolute Gasteiger partial charge is 0.446 e. The van der Waals surface area contributed by atoms with Gasteiger partial charge in [0.25, 0.3) is 0 Å². The molecule has 8 nitrogen and oxygen atoms in total. The van der Waals surface area contributed by atoms with Crippen LogP contribution in [0.2, 0.25) is 0 Å². The first kappa shape index (κ1) is 30.5. The van der Waals surface area contributed by atoms with E-state index >= 15 is 0 Å². The Balaban J connectivity index is 0.000000545. The Labute approximate surface area is 256 Å². The van der Waals surface area contributed by atoms with E-state index in [9.17, 15) is 22.4 Å². The lowest BCUT2D eigenvalue weighted by molar-refractivity contribution is -0.156. The maximum absolute atomic E-state index is 14.8. The molecule has 3 aromatic carbocycles. The number of carbonyl (C=O) groups is 2. The summed E-state index contributed by atoms with van der Waals surface area (Å²) in [6.07, 6.45) is -1.15. The van der Waals surface area contributed by atoms with E-state index in [0.717, 1.165) is 64.2 Å². The molecule has 1 amide bonds. The summed E-state index contributed by atoms with van der Waals surface area (Å²) >= 11 is 0. The highest BCUT2D eigenvalue weighted by atomic mass is 19.4. The van der Waals surface area contributed by atoms with Crippen molar-refractivity contribution >= 4 is 40.9 Å². The SMILES string of the molecule is COc1ccc2c(c1)[C@]1(C[C@H]1c1ccc3c(/C=C/c4ccc(CN5CCOCC5)c(F)c4)n[nH]c3c1)C(=O)N2.O=CC(F)(F)F. The van der Waals surface area contributed by atoms with Gasteiger partial charge in [0.15, 0.2) is 0 Å². The van der Waals surface area contributed by atoms with Crippen molar-refractivity contribution in [3.05, 3.63) is 88.4 Å². The first-order valence-corrected chi connectivity index (χ1v) is 14.4. The zero-order valence-electron chi connectivity index (χ0n) is 24.3. The number of amides is 1. The molecule has 3 heterocycles. The number of fused-ring (bicyclic) bond motifs is 3. The number of hydrogen-bond acceptors (Lipinski definition) is 6. The fourth-order valence-electron chi connectivity index (χ4n) is 6.07. The van der Waals surface area contributed by atoms with Gasteiger partial charge in [-0.3, -0.25) is 19.6 Å². The number of aromatic amines is 1. The maximum atomic E-state index is 14.8. The van der Waals surface area contributed by atoms with E-state index in [0.29, 0.717) is 25.3 Å². The van der Waals surface area contributed by atoms with Gasteiger partial charge in [-0.15, -0.1) is 0 Å². The number of hydrogen-bond donors (Lipinski definition) is 2. The Morgan fingerprint density at radius 3 is 2.58 bits per heavy atom. The number of alkyl halides is 3. The van der Waals surface area contributed by atoms with Crippen LogP contribution in [-0.4, -0.2) is 66.9 Å². The van der Waals surface area contributed by atoms with E-state index in [-0.39, 0.29) is 17.6 Å². The first-order chi connectivity index (χ1) is 21.6. The van der Waals surface area contributed by atoms with Crippen LogP contribution >= 0.6 is 0 Å². The number of H-pyrrole nitrogens is 1. The van der Waals surface area contributed by atoms with Crippen molar-refractivity contribution in [1.82, 2.24) is 15.1 Å². The third-order valence-corrected chi connectivity index (χ3v) is 8.48. The maximum Gasteiger partial charge on any atom is 0.446 e. The lowest BCUT2D eigenvalue weighted by Gasteiger charge is -2.26. The summed E-state index contributed by atoms with van der Waals surface area (Å²) in [6, 6.07) is 17.3. The van der Waals surface area contributed by atoms with Crippen LogP contribution in [0.25, 0.3) is 23.1 Å². The molecule has 4 aromatic rings. The van der Waals surface area contributed by atoms with Gasteiger partial charge in [0.1, 0.15) is 11.6 Å².